The van der Waals surface area contributed by atoms with Gasteiger partial charge in [-0.25, -0.2) is 0 Å². The van der Waals surface area contributed by atoms with Crippen molar-refractivity contribution in [3.8, 4) is 0 Å². The monoisotopic (exact) mass is 134 g/mol. The van der Waals surface area contributed by atoms with Gasteiger partial charge in [-0.1, -0.05) is 29.4 Å². The fourth-order valence-electron chi connectivity index (χ4n) is 0. The van der Waals surface area contributed by atoms with E-state index in [1.54, 1.807) is 0 Å². The molecule has 0 aliphatic rings. The largest absolute Gasteiger partial charge is 0.0889 e. The van der Waals surface area contributed by atoms with Gasteiger partial charge in [-0.2, -0.15) is 0 Å². The Morgan fingerprint density at radius 3 is 2.20 bits per heavy atom. The van der Waals surface area contributed by atoms with Crippen LogP contribution in [0.5, 0.6) is 0 Å². The van der Waals surface area contributed by atoms with Gasteiger partial charge in [0.15, 0.2) is 0 Å². The number of hydrogen-bond acceptors (Lipinski definition) is 0. The van der Waals surface area contributed by atoms with Crippen LogP contribution in [0.1, 0.15) is 13.3 Å². The SMILES string of the molecule is C=C(Br)CC. The van der Waals surface area contributed by atoms with Crippen LogP contribution in [0.15, 0.2) is 11.1 Å². The summed E-state index contributed by atoms with van der Waals surface area (Å²) in [5.74, 6) is 0. The van der Waals surface area contributed by atoms with E-state index in [1.807, 2.05) is 0 Å². The summed E-state index contributed by atoms with van der Waals surface area (Å²) >= 11 is 3.18. The molecular weight excluding hydrogens is 128 g/mol. The van der Waals surface area contributed by atoms with E-state index in [9.17, 15) is 0 Å². The Morgan fingerprint density at radius 2 is 2.20 bits per heavy atom. The van der Waals surface area contributed by atoms with Crippen molar-refractivity contribution in [2.24, 2.45) is 0 Å². The molecule has 0 rings (SSSR count). The lowest BCUT2D eigenvalue weighted by molar-refractivity contribution is 1.21. The third-order valence-corrected chi connectivity index (χ3v) is 0.944. The summed E-state index contributed by atoms with van der Waals surface area (Å²) in [6.07, 6.45) is 1.03. The van der Waals surface area contributed by atoms with Crippen LogP contribution in [0.3, 0.4) is 0 Å². The van der Waals surface area contributed by atoms with E-state index in [4.69, 9.17) is 0 Å². The molecule has 0 saturated carbocycles. The molecule has 1 heteroatoms. The average Bonchev–Trinajstić information content (AvgIpc) is 1.38. The van der Waals surface area contributed by atoms with Gasteiger partial charge in [0.05, 0.1) is 0 Å². The van der Waals surface area contributed by atoms with E-state index in [0.717, 1.165) is 10.9 Å². The first kappa shape index (κ1) is 5.22. The highest BCUT2D eigenvalue weighted by Gasteiger charge is 1.70. The Morgan fingerprint density at radius 1 is 2.00 bits per heavy atom. The van der Waals surface area contributed by atoms with E-state index in [-0.39, 0.29) is 0 Å². The molecule has 0 saturated heterocycles. The zero-order chi connectivity index (χ0) is 4.28. The van der Waals surface area contributed by atoms with Crippen LogP contribution < -0.4 is 0 Å². The quantitative estimate of drug-likeness (QED) is 0.517. The molecule has 0 nitrogen and oxygen atoms in total. The van der Waals surface area contributed by atoms with Crippen molar-refractivity contribution in [3.05, 3.63) is 11.1 Å². The average molecular weight is 135 g/mol. The predicted octanol–water partition coefficient (Wildman–Crippen LogP) is 2.31. The minimum atomic E-state index is 1.03. The van der Waals surface area contributed by atoms with Crippen LogP contribution in [-0.4, -0.2) is 0 Å². The highest BCUT2D eigenvalue weighted by molar-refractivity contribution is 9.11. The van der Waals surface area contributed by atoms with Crippen LogP contribution in [0, 0.1) is 0 Å². The maximum atomic E-state index is 3.59. The van der Waals surface area contributed by atoms with Crippen molar-refractivity contribution >= 4 is 15.9 Å². The van der Waals surface area contributed by atoms with Gasteiger partial charge < -0.3 is 0 Å². The van der Waals surface area contributed by atoms with Crippen molar-refractivity contribution in [3.63, 3.8) is 0 Å². The molecule has 0 fully saturated rings. The summed E-state index contributed by atoms with van der Waals surface area (Å²) in [4.78, 5) is 0. The predicted molar refractivity (Wildman–Crippen MR) is 28.4 cm³/mol. The van der Waals surface area contributed by atoms with E-state index in [2.05, 4.69) is 29.4 Å². The Bertz CT molecular complexity index is 38.9. The molecule has 0 aromatic heterocycles. The van der Waals surface area contributed by atoms with Gasteiger partial charge in [0.1, 0.15) is 0 Å². The Balaban J connectivity index is 2.85. The highest BCUT2D eigenvalue weighted by Crippen LogP contribution is 2.02. The molecule has 5 heavy (non-hydrogen) atoms. The van der Waals surface area contributed by atoms with Crippen LogP contribution in [0.25, 0.3) is 0 Å². The number of allylic oxidation sites excluding steroid dienone is 1. The highest BCUT2D eigenvalue weighted by atomic mass is 79.9. The second-order valence-corrected chi connectivity index (χ2v) is 1.99. The topological polar surface area (TPSA) is 0 Å². The number of hydrogen-bond donors (Lipinski definition) is 0. The fraction of sp³-hybridized carbons (Fsp3) is 0.500. The first-order valence-corrected chi connectivity index (χ1v) is 2.40. The normalized spacial score (nSPS) is 7.60. The summed E-state index contributed by atoms with van der Waals surface area (Å²) in [6.45, 7) is 5.64. The van der Waals surface area contributed by atoms with Gasteiger partial charge in [-0.15, -0.1) is 0 Å². The number of halogens is 1. The van der Waals surface area contributed by atoms with Gasteiger partial charge in [0.2, 0.25) is 0 Å². The molecule has 0 aliphatic carbocycles. The molecule has 0 radical (unpaired) electrons. The molecule has 0 aromatic rings. The maximum absolute atomic E-state index is 3.59. The summed E-state index contributed by atoms with van der Waals surface area (Å²) in [5, 5.41) is 0. The lowest BCUT2D eigenvalue weighted by Gasteiger charge is -1.76. The molecule has 0 aliphatic heterocycles. The second-order valence-electron chi connectivity index (χ2n) is 0.871. The molecule has 30 valence electrons. The van der Waals surface area contributed by atoms with Crippen molar-refractivity contribution in [2.75, 3.05) is 0 Å². The van der Waals surface area contributed by atoms with Crippen molar-refractivity contribution in [1.82, 2.24) is 0 Å². The molecule has 0 spiro atoms. The standard InChI is InChI=1S/C4H7Br/c1-3-4(2)5/h2-3H2,1H3. The van der Waals surface area contributed by atoms with Crippen molar-refractivity contribution in [1.29, 1.82) is 0 Å². The van der Waals surface area contributed by atoms with Crippen LogP contribution >= 0.6 is 15.9 Å². The fourth-order valence-corrected chi connectivity index (χ4v) is 0. The van der Waals surface area contributed by atoms with E-state index in [0.29, 0.717) is 0 Å². The lowest BCUT2D eigenvalue weighted by Crippen LogP contribution is -1.51. The number of rotatable bonds is 1. The zero-order valence-corrected chi connectivity index (χ0v) is 4.88. The first-order valence-electron chi connectivity index (χ1n) is 1.60. The van der Waals surface area contributed by atoms with Gasteiger partial charge >= 0.3 is 0 Å². The van der Waals surface area contributed by atoms with E-state index >= 15 is 0 Å². The minimum Gasteiger partial charge on any atom is -0.0889 e. The summed E-state index contributed by atoms with van der Waals surface area (Å²) in [6, 6.07) is 0. The molecule has 0 atom stereocenters. The summed E-state index contributed by atoms with van der Waals surface area (Å²) in [5.41, 5.74) is 0. The minimum absolute atomic E-state index is 1.03. The molecule has 0 aromatic carbocycles. The molecule has 0 heterocycles. The van der Waals surface area contributed by atoms with Crippen molar-refractivity contribution < 1.29 is 0 Å². The lowest BCUT2D eigenvalue weighted by atomic mass is 10.5. The Labute approximate surface area is 41.0 Å². The van der Waals surface area contributed by atoms with Crippen LogP contribution in [0.2, 0.25) is 0 Å². The third-order valence-electron chi connectivity index (χ3n) is 0.384. The van der Waals surface area contributed by atoms with E-state index in [1.165, 1.54) is 0 Å². The molecule has 0 N–H and O–H groups in total. The van der Waals surface area contributed by atoms with Crippen LogP contribution in [0.4, 0.5) is 0 Å². The van der Waals surface area contributed by atoms with Gasteiger partial charge in [-0.05, 0) is 10.9 Å². The molecule has 0 unspecified atom stereocenters. The molecular formula is C4H7Br. The second kappa shape index (κ2) is 2.46. The van der Waals surface area contributed by atoms with Crippen LogP contribution in [-0.2, 0) is 0 Å². The maximum Gasteiger partial charge on any atom is -0.0124 e. The summed E-state index contributed by atoms with van der Waals surface area (Å²) in [7, 11) is 0. The Hall–Kier alpha value is 0.220. The van der Waals surface area contributed by atoms with Crippen molar-refractivity contribution in [2.45, 2.75) is 13.3 Å². The zero-order valence-electron chi connectivity index (χ0n) is 3.29. The third kappa shape index (κ3) is 4.22. The van der Waals surface area contributed by atoms with Gasteiger partial charge in [0, 0.05) is 0 Å². The molecule has 0 amide bonds. The first-order chi connectivity index (χ1) is 2.27. The smallest absolute Gasteiger partial charge is 0.0124 e. The van der Waals surface area contributed by atoms with E-state index < -0.39 is 0 Å². The molecule has 0 bridgehead atoms. The summed E-state index contributed by atoms with van der Waals surface area (Å²) < 4.78 is 1.07. The van der Waals surface area contributed by atoms with Gasteiger partial charge in [0.25, 0.3) is 0 Å². The Kier molecular flexibility index (Phi) is 2.57. The van der Waals surface area contributed by atoms with Gasteiger partial charge in [-0.3, -0.25) is 0 Å².